The van der Waals surface area contributed by atoms with Crippen molar-refractivity contribution in [2.45, 2.75) is 6.18 Å². The lowest BCUT2D eigenvalue weighted by molar-refractivity contribution is -0.137. The first kappa shape index (κ1) is 20.2. The number of nitrogens with one attached hydrogen (secondary N) is 1. The summed E-state index contributed by atoms with van der Waals surface area (Å²) >= 11 is 0. The Morgan fingerprint density at radius 2 is 1.79 bits per heavy atom. The fraction of sp³-hybridized carbons (Fsp3) is 0.143. The van der Waals surface area contributed by atoms with Crippen LogP contribution < -0.4 is 14.8 Å². The number of methoxy groups -OCH3 is 2. The van der Waals surface area contributed by atoms with Crippen LogP contribution in [-0.2, 0) is 11.0 Å². The number of ether oxygens (including phenoxy) is 2. The highest BCUT2D eigenvalue weighted by molar-refractivity contribution is 6.07. The molecule has 0 atom stereocenters. The molecule has 0 aliphatic heterocycles. The van der Waals surface area contributed by atoms with E-state index in [9.17, 15) is 18.0 Å². The number of benzene rings is 2. The molecule has 3 rings (SSSR count). The van der Waals surface area contributed by atoms with Crippen LogP contribution in [0.2, 0.25) is 0 Å². The van der Waals surface area contributed by atoms with Crippen LogP contribution >= 0.6 is 0 Å². The smallest absolute Gasteiger partial charge is 0.416 e. The highest BCUT2D eigenvalue weighted by Gasteiger charge is 2.30. The maximum Gasteiger partial charge on any atom is 0.416 e. The van der Waals surface area contributed by atoms with Crippen LogP contribution in [-0.4, -0.2) is 25.1 Å². The molecule has 0 bridgehead atoms. The van der Waals surface area contributed by atoms with E-state index in [0.717, 1.165) is 12.1 Å². The van der Waals surface area contributed by atoms with Gasteiger partial charge in [-0.1, -0.05) is 12.1 Å². The predicted molar refractivity (Wildman–Crippen MR) is 104 cm³/mol. The summed E-state index contributed by atoms with van der Waals surface area (Å²) in [5.74, 6) is 0.651. The Bertz CT molecular complexity index is 1080. The summed E-state index contributed by atoms with van der Waals surface area (Å²) in [6, 6.07) is 9.90. The number of rotatable bonds is 5. The van der Waals surface area contributed by atoms with Gasteiger partial charge in [0.15, 0.2) is 11.5 Å². The van der Waals surface area contributed by atoms with Crippen molar-refractivity contribution in [1.29, 1.82) is 0 Å². The summed E-state index contributed by atoms with van der Waals surface area (Å²) in [5.41, 5.74) is 0.425. The Hall–Kier alpha value is -3.55. The van der Waals surface area contributed by atoms with Gasteiger partial charge in [-0.15, -0.1) is 0 Å². The fourth-order valence-corrected chi connectivity index (χ4v) is 2.74. The monoisotopic (exact) mass is 402 g/mol. The van der Waals surface area contributed by atoms with Gasteiger partial charge in [0.2, 0.25) is 5.91 Å². The van der Waals surface area contributed by atoms with Gasteiger partial charge < -0.3 is 14.8 Å². The minimum absolute atomic E-state index is 0.140. The summed E-state index contributed by atoms with van der Waals surface area (Å²) in [6.45, 7) is 0. The number of fused-ring (bicyclic) bond motifs is 1. The number of hydrogen-bond donors (Lipinski definition) is 1. The molecule has 150 valence electrons. The number of aromatic nitrogens is 1. The Kier molecular flexibility index (Phi) is 5.72. The first-order valence-electron chi connectivity index (χ1n) is 8.49. The van der Waals surface area contributed by atoms with Crippen LogP contribution in [0.4, 0.5) is 18.9 Å². The van der Waals surface area contributed by atoms with E-state index < -0.39 is 17.6 Å². The average molecular weight is 402 g/mol. The molecular formula is C21H17F3N2O3. The summed E-state index contributed by atoms with van der Waals surface area (Å²) in [6.07, 6.45) is -0.215. The van der Waals surface area contributed by atoms with E-state index in [1.54, 1.807) is 24.3 Å². The van der Waals surface area contributed by atoms with E-state index >= 15 is 0 Å². The number of alkyl halides is 3. The molecule has 0 unspecified atom stereocenters. The van der Waals surface area contributed by atoms with Crippen molar-refractivity contribution in [3.8, 4) is 11.5 Å². The second-order valence-electron chi connectivity index (χ2n) is 6.03. The average Bonchev–Trinajstić information content (AvgIpc) is 2.71. The van der Waals surface area contributed by atoms with Gasteiger partial charge in [0.1, 0.15) is 0 Å². The van der Waals surface area contributed by atoms with Gasteiger partial charge in [0.25, 0.3) is 0 Å². The zero-order chi connectivity index (χ0) is 21.0. The zero-order valence-electron chi connectivity index (χ0n) is 15.6. The Morgan fingerprint density at radius 3 is 2.48 bits per heavy atom. The van der Waals surface area contributed by atoms with E-state index in [4.69, 9.17) is 9.47 Å². The Morgan fingerprint density at radius 1 is 1.03 bits per heavy atom. The summed E-state index contributed by atoms with van der Waals surface area (Å²) in [5, 5.41) is 3.07. The molecule has 29 heavy (non-hydrogen) atoms. The normalized spacial score (nSPS) is 11.6. The van der Waals surface area contributed by atoms with Crippen molar-refractivity contribution in [3.05, 3.63) is 65.9 Å². The molecule has 1 heterocycles. The van der Waals surface area contributed by atoms with Gasteiger partial charge in [0.05, 0.1) is 31.0 Å². The van der Waals surface area contributed by atoms with Crippen molar-refractivity contribution in [3.63, 3.8) is 0 Å². The molecule has 3 aromatic rings. The molecule has 2 aromatic carbocycles. The predicted octanol–water partition coefficient (Wildman–Crippen LogP) is 4.92. The van der Waals surface area contributed by atoms with Crippen LogP contribution in [0.5, 0.6) is 11.5 Å². The minimum atomic E-state index is -4.46. The standard InChI is InChI=1S/C21H17F3N2O3/c1-28-18-7-3-13(11-19(18)29-2)4-8-20(27)26-16-9-10-25-17-12-14(21(22,23)24)5-6-15(16)17/h3-12H,1-2H3,(H,25,26,27)/b8-4+. The highest BCUT2D eigenvalue weighted by atomic mass is 19.4. The number of pyridine rings is 1. The van der Waals surface area contributed by atoms with Gasteiger partial charge >= 0.3 is 6.18 Å². The third-order valence-electron chi connectivity index (χ3n) is 4.16. The number of nitrogens with zero attached hydrogens (tertiary/aromatic N) is 1. The summed E-state index contributed by atoms with van der Waals surface area (Å²) < 4.78 is 49.0. The Balaban J connectivity index is 1.80. The molecule has 0 saturated heterocycles. The maximum absolute atomic E-state index is 12.9. The number of hydrogen-bond acceptors (Lipinski definition) is 4. The minimum Gasteiger partial charge on any atom is -0.493 e. The Labute approximate surface area is 164 Å². The van der Waals surface area contributed by atoms with Crippen molar-refractivity contribution < 1.29 is 27.4 Å². The van der Waals surface area contributed by atoms with E-state index in [0.29, 0.717) is 28.1 Å². The molecule has 0 aliphatic carbocycles. The van der Waals surface area contributed by atoms with Crippen molar-refractivity contribution in [2.75, 3.05) is 19.5 Å². The summed E-state index contributed by atoms with van der Waals surface area (Å²) in [7, 11) is 3.04. The third kappa shape index (κ3) is 4.66. The maximum atomic E-state index is 12.9. The van der Waals surface area contributed by atoms with E-state index in [1.807, 2.05) is 0 Å². The second kappa shape index (κ2) is 8.22. The molecule has 8 heteroatoms. The van der Waals surface area contributed by atoms with Crippen LogP contribution in [0.25, 0.3) is 17.0 Å². The lowest BCUT2D eigenvalue weighted by Gasteiger charge is -2.10. The van der Waals surface area contributed by atoms with E-state index in [2.05, 4.69) is 10.3 Å². The van der Waals surface area contributed by atoms with Crippen molar-refractivity contribution in [2.24, 2.45) is 0 Å². The molecule has 0 fully saturated rings. The molecule has 1 aromatic heterocycles. The van der Waals surface area contributed by atoms with Crippen LogP contribution in [0.1, 0.15) is 11.1 Å². The SMILES string of the molecule is COc1ccc(/C=C/C(=O)Nc2ccnc3cc(C(F)(F)F)ccc23)cc1OC. The van der Waals surface area contributed by atoms with Crippen LogP contribution in [0.3, 0.4) is 0 Å². The van der Waals surface area contributed by atoms with Crippen molar-refractivity contribution >= 4 is 28.6 Å². The lowest BCUT2D eigenvalue weighted by Crippen LogP contribution is -2.09. The lowest BCUT2D eigenvalue weighted by atomic mass is 10.1. The van der Waals surface area contributed by atoms with Gasteiger partial charge in [-0.3, -0.25) is 9.78 Å². The second-order valence-corrected chi connectivity index (χ2v) is 6.03. The number of anilines is 1. The van der Waals surface area contributed by atoms with Gasteiger partial charge in [-0.25, -0.2) is 0 Å². The molecule has 0 spiro atoms. The van der Waals surface area contributed by atoms with Crippen LogP contribution in [0, 0.1) is 0 Å². The van der Waals surface area contributed by atoms with Crippen LogP contribution in [0.15, 0.2) is 54.7 Å². The number of carbonyl (C=O) groups excluding carboxylic acids is 1. The molecule has 0 saturated carbocycles. The van der Waals surface area contributed by atoms with E-state index in [1.165, 1.54) is 38.6 Å². The summed E-state index contributed by atoms with van der Waals surface area (Å²) in [4.78, 5) is 16.2. The number of carbonyl (C=O) groups is 1. The first-order chi connectivity index (χ1) is 13.8. The topological polar surface area (TPSA) is 60.5 Å². The zero-order valence-corrected chi connectivity index (χ0v) is 15.6. The number of halogens is 3. The number of amides is 1. The molecular weight excluding hydrogens is 385 g/mol. The molecule has 1 N–H and O–H groups in total. The van der Waals surface area contributed by atoms with E-state index in [-0.39, 0.29) is 5.52 Å². The quantitative estimate of drug-likeness (QED) is 0.616. The molecule has 1 amide bonds. The molecule has 0 radical (unpaired) electrons. The van der Waals surface area contributed by atoms with Crippen molar-refractivity contribution in [1.82, 2.24) is 4.98 Å². The fourth-order valence-electron chi connectivity index (χ4n) is 2.74. The third-order valence-corrected chi connectivity index (χ3v) is 4.16. The van der Waals surface area contributed by atoms with Gasteiger partial charge in [0, 0.05) is 17.7 Å². The largest absolute Gasteiger partial charge is 0.493 e. The highest BCUT2D eigenvalue weighted by Crippen LogP contribution is 2.32. The molecule has 0 aliphatic rings. The first-order valence-corrected chi connectivity index (χ1v) is 8.49. The van der Waals surface area contributed by atoms with Gasteiger partial charge in [-0.2, -0.15) is 13.2 Å². The van der Waals surface area contributed by atoms with Gasteiger partial charge in [-0.05, 0) is 42.0 Å². The molecule has 5 nitrogen and oxygen atoms in total.